The van der Waals surface area contributed by atoms with Crippen LogP contribution in [-0.2, 0) is 6.54 Å². The molecule has 0 aliphatic rings. The fourth-order valence-corrected chi connectivity index (χ4v) is 3.08. The molecular formula is C21H39IN4O2. The number of nitrogens with zero attached hydrogens (tertiary/aromatic N) is 2. The van der Waals surface area contributed by atoms with Crippen molar-refractivity contribution in [1.82, 2.24) is 15.5 Å². The van der Waals surface area contributed by atoms with Gasteiger partial charge >= 0.3 is 0 Å². The summed E-state index contributed by atoms with van der Waals surface area (Å²) in [6.07, 6.45) is 1.08. The summed E-state index contributed by atoms with van der Waals surface area (Å²) >= 11 is 0. The van der Waals surface area contributed by atoms with Gasteiger partial charge in [-0.2, -0.15) is 0 Å². The summed E-state index contributed by atoms with van der Waals surface area (Å²) in [6, 6.07) is 7.11. The van der Waals surface area contributed by atoms with Crippen molar-refractivity contribution in [3.8, 4) is 11.5 Å². The first-order valence-electron chi connectivity index (χ1n) is 9.92. The van der Waals surface area contributed by atoms with Crippen LogP contribution in [0.2, 0.25) is 0 Å². The van der Waals surface area contributed by atoms with Crippen molar-refractivity contribution in [1.29, 1.82) is 0 Å². The molecule has 7 heteroatoms. The second kappa shape index (κ2) is 14.7. The van der Waals surface area contributed by atoms with Crippen molar-refractivity contribution in [2.24, 2.45) is 4.99 Å². The third-order valence-electron chi connectivity index (χ3n) is 4.42. The summed E-state index contributed by atoms with van der Waals surface area (Å²) in [4.78, 5) is 6.81. The summed E-state index contributed by atoms with van der Waals surface area (Å²) < 4.78 is 11.0. The molecule has 0 bridgehead atoms. The first-order valence-corrected chi connectivity index (χ1v) is 9.92. The van der Waals surface area contributed by atoms with E-state index in [9.17, 15) is 0 Å². The minimum absolute atomic E-state index is 0. The summed E-state index contributed by atoms with van der Waals surface area (Å²) in [5.41, 5.74) is 1.11. The molecule has 162 valence electrons. The largest absolute Gasteiger partial charge is 0.493 e. The van der Waals surface area contributed by atoms with Crippen LogP contribution in [0.25, 0.3) is 0 Å². The molecule has 1 aromatic rings. The molecule has 0 heterocycles. The van der Waals surface area contributed by atoms with Gasteiger partial charge in [-0.15, -0.1) is 24.0 Å². The van der Waals surface area contributed by atoms with E-state index in [2.05, 4.69) is 48.2 Å². The molecule has 0 aliphatic heterocycles. The zero-order chi connectivity index (χ0) is 20.2. The molecule has 0 saturated heterocycles. The maximum atomic E-state index is 5.56. The van der Waals surface area contributed by atoms with Crippen molar-refractivity contribution >= 4 is 29.9 Å². The van der Waals surface area contributed by atoms with Gasteiger partial charge in [0, 0.05) is 38.8 Å². The van der Waals surface area contributed by atoms with Crippen molar-refractivity contribution in [3.63, 3.8) is 0 Å². The van der Waals surface area contributed by atoms with Crippen LogP contribution in [0.5, 0.6) is 11.5 Å². The monoisotopic (exact) mass is 506 g/mol. The molecule has 0 amide bonds. The normalized spacial score (nSPS) is 11.6. The Bertz CT molecular complexity index is 572. The fourth-order valence-electron chi connectivity index (χ4n) is 3.08. The Morgan fingerprint density at radius 2 is 1.79 bits per heavy atom. The number of nitrogens with one attached hydrogen (secondary N) is 2. The standard InChI is InChI=1S/C21H38N4O2.HI/c1-8-27-19-11-10-18(14-20(19)26-7)15-24-21(22-6)23-12-9-13-25(16(2)3)17(4)5;/h10-11,14,16-17H,8-9,12-13,15H2,1-7H3,(H2,22,23,24);1H. The van der Waals surface area contributed by atoms with Crippen LogP contribution in [0.4, 0.5) is 0 Å². The molecule has 0 spiro atoms. The predicted molar refractivity (Wildman–Crippen MR) is 129 cm³/mol. The predicted octanol–water partition coefficient (Wildman–Crippen LogP) is 3.89. The zero-order valence-electron chi connectivity index (χ0n) is 18.5. The molecule has 0 saturated carbocycles. The lowest BCUT2D eigenvalue weighted by Crippen LogP contribution is -2.41. The molecule has 2 N–H and O–H groups in total. The van der Waals surface area contributed by atoms with Crippen LogP contribution in [-0.4, -0.2) is 56.8 Å². The third-order valence-corrected chi connectivity index (χ3v) is 4.42. The van der Waals surface area contributed by atoms with E-state index in [1.54, 1.807) is 14.2 Å². The van der Waals surface area contributed by atoms with Crippen LogP contribution in [0.1, 0.15) is 46.6 Å². The average Bonchev–Trinajstić information content (AvgIpc) is 2.64. The van der Waals surface area contributed by atoms with Crippen LogP contribution in [0.3, 0.4) is 0 Å². The van der Waals surface area contributed by atoms with Crippen molar-refractivity contribution < 1.29 is 9.47 Å². The minimum atomic E-state index is 0. The topological polar surface area (TPSA) is 58.1 Å². The first-order chi connectivity index (χ1) is 12.9. The third kappa shape index (κ3) is 9.32. The Balaban J connectivity index is 0.00000729. The van der Waals surface area contributed by atoms with Gasteiger partial charge in [0.1, 0.15) is 0 Å². The Hall–Kier alpha value is -1.22. The van der Waals surface area contributed by atoms with Gasteiger partial charge in [-0.1, -0.05) is 6.07 Å². The van der Waals surface area contributed by atoms with Crippen molar-refractivity contribution in [2.75, 3.05) is 33.9 Å². The molecule has 0 fully saturated rings. The number of guanidine groups is 1. The van der Waals surface area contributed by atoms with E-state index in [0.29, 0.717) is 25.2 Å². The number of methoxy groups -OCH3 is 1. The minimum Gasteiger partial charge on any atom is -0.493 e. The van der Waals surface area contributed by atoms with E-state index < -0.39 is 0 Å². The molecule has 0 atom stereocenters. The first kappa shape index (κ1) is 26.8. The molecule has 1 rings (SSSR count). The number of ether oxygens (including phenoxy) is 2. The van der Waals surface area contributed by atoms with Crippen molar-refractivity contribution in [3.05, 3.63) is 23.8 Å². The number of benzene rings is 1. The number of halogens is 1. The Kier molecular flexibility index (Phi) is 14.1. The lowest BCUT2D eigenvalue weighted by atomic mass is 10.2. The van der Waals surface area contributed by atoms with Gasteiger partial charge in [0.15, 0.2) is 17.5 Å². The highest BCUT2D eigenvalue weighted by atomic mass is 127. The van der Waals surface area contributed by atoms with Crippen LogP contribution in [0, 0.1) is 0 Å². The highest BCUT2D eigenvalue weighted by molar-refractivity contribution is 14.0. The van der Waals surface area contributed by atoms with Gasteiger partial charge in [-0.25, -0.2) is 0 Å². The van der Waals surface area contributed by atoms with Gasteiger partial charge in [0.2, 0.25) is 0 Å². The highest BCUT2D eigenvalue weighted by Crippen LogP contribution is 2.27. The number of rotatable bonds is 11. The van der Waals surface area contributed by atoms with E-state index in [1.165, 1.54) is 0 Å². The molecule has 28 heavy (non-hydrogen) atoms. The SMILES string of the molecule is CCOc1ccc(CNC(=NC)NCCCN(C(C)C)C(C)C)cc1OC.I. The maximum absolute atomic E-state index is 5.56. The van der Waals surface area contributed by atoms with E-state index in [4.69, 9.17) is 9.47 Å². The Morgan fingerprint density at radius 1 is 1.11 bits per heavy atom. The van der Waals surface area contributed by atoms with E-state index in [-0.39, 0.29) is 24.0 Å². The summed E-state index contributed by atoms with van der Waals surface area (Å²) in [5, 5.41) is 6.74. The molecule has 6 nitrogen and oxygen atoms in total. The summed E-state index contributed by atoms with van der Waals surface area (Å²) in [5.74, 6) is 2.33. The molecule has 0 aliphatic carbocycles. The smallest absolute Gasteiger partial charge is 0.191 e. The van der Waals surface area contributed by atoms with E-state index in [1.807, 2.05) is 25.1 Å². The quantitative estimate of drug-likeness (QED) is 0.207. The zero-order valence-corrected chi connectivity index (χ0v) is 20.9. The fraction of sp³-hybridized carbons (Fsp3) is 0.667. The Labute approximate surface area is 188 Å². The molecular weight excluding hydrogens is 467 g/mol. The molecule has 1 aromatic carbocycles. The molecule has 0 aromatic heterocycles. The maximum Gasteiger partial charge on any atom is 0.191 e. The number of hydrogen-bond donors (Lipinski definition) is 2. The van der Waals surface area contributed by atoms with Crippen molar-refractivity contribution in [2.45, 2.75) is 59.7 Å². The Morgan fingerprint density at radius 3 is 2.32 bits per heavy atom. The lowest BCUT2D eigenvalue weighted by molar-refractivity contribution is 0.173. The molecule has 0 unspecified atom stereocenters. The van der Waals surface area contributed by atoms with Crippen LogP contribution >= 0.6 is 24.0 Å². The second-order valence-electron chi connectivity index (χ2n) is 7.05. The van der Waals surface area contributed by atoms with E-state index in [0.717, 1.165) is 42.5 Å². The van der Waals surface area contributed by atoms with E-state index >= 15 is 0 Å². The van der Waals surface area contributed by atoms with Gasteiger partial charge in [0.25, 0.3) is 0 Å². The van der Waals surface area contributed by atoms with Gasteiger partial charge < -0.3 is 20.1 Å². The number of hydrogen-bond acceptors (Lipinski definition) is 4. The van der Waals surface area contributed by atoms with Gasteiger partial charge in [0.05, 0.1) is 13.7 Å². The van der Waals surface area contributed by atoms with Crippen LogP contribution in [0.15, 0.2) is 23.2 Å². The molecule has 0 radical (unpaired) electrons. The van der Waals surface area contributed by atoms with Gasteiger partial charge in [-0.05, 0) is 58.7 Å². The number of aliphatic imine (C=N–C) groups is 1. The second-order valence-corrected chi connectivity index (χ2v) is 7.05. The van der Waals surface area contributed by atoms with Gasteiger partial charge in [-0.3, -0.25) is 9.89 Å². The summed E-state index contributed by atoms with van der Waals surface area (Å²) in [6.45, 7) is 14.2. The lowest BCUT2D eigenvalue weighted by Gasteiger charge is -2.30. The van der Waals surface area contributed by atoms with Crippen LogP contribution < -0.4 is 20.1 Å². The average molecular weight is 506 g/mol. The highest BCUT2D eigenvalue weighted by Gasteiger charge is 2.12. The summed E-state index contributed by atoms with van der Waals surface area (Å²) in [7, 11) is 3.45.